The number of nitrogens with one attached hydrogen (secondary N) is 1. The second-order valence-corrected chi connectivity index (χ2v) is 7.19. The number of carboxylic acid groups (broad SMARTS) is 1. The first-order chi connectivity index (χ1) is 14.5. The molecule has 0 radical (unpaired) electrons. The number of hydrogen-bond acceptors (Lipinski definition) is 6. The van der Waals surface area contributed by atoms with Crippen LogP contribution in [0.5, 0.6) is 11.5 Å². The van der Waals surface area contributed by atoms with E-state index in [0.29, 0.717) is 16.9 Å². The number of ether oxygens (including phenoxy) is 1. The van der Waals surface area contributed by atoms with Crippen LogP contribution in [-0.4, -0.2) is 16.2 Å². The van der Waals surface area contributed by atoms with E-state index in [2.05, 4.69) is 15.5 Å². The number of carboxylic acids is 1. The van der Waals surface area contributed by atoms with Gasteiger partial charge in [-0.25, -0.2) is 0 Å². The third kappa shape index (κ3) is 4.27. The van der Waals surface area contributed by atoms with Crippen LogP contribution >= 0.6 is 11.6 Å². The molecule has 3 N–H and O–H groups in total. The van der Waals surface area contributed by atoms with Gasteiger partial charge in [-0.05, 0) is 29.3 Å². The van der Waals surface area contributed by atoms with E-state index in [1.807, 2.05) is 24.3 Å². The summed E-state index contributed by atoms with van der Waals surface area (Å²) in [7, 11) is 0. The van der Waals surface area contributed by atoms with Crippen LogP contribution in [0.4, 0.5) is 11.4 Å². The zero-order chi connectivity index (χ0) is 21.1. The van der Waals surface area contributed by atoms with Gasteiger partial charge in [0.05, 0.1) is 5.02 Å². The lowest BCUT2D eigenvalue weighted by Gasteiger charge is -2.18. The van der Waals surface area contributed by atoms with Gasteiger partial charge in [0.25, 0.3) is 0 Å². The Balaban J connectivity index is 1.51. The number of aromatic hydroxyl groups is 1. The van der Waals surface area contributed by atoms with Gasteiger partial charge in [0.1, 0.15) is 35.5 Å². The largest absolute Gasteiger partial charge is 0.506 e. The van der Waals surface area contributed by atoms with Gasteiger partial charge in [0.2, 0.25) is 0 Å². The van der Waals surface area contributed by atoms with Gasteiger partial charge < -0.3 is 14.9 Å². The smallest absolute Gasteiger partial charge is 0.325 e. The Morgan fingerprint density at radius 3 is 2.50 bits per heavy atom. The molecule has 0 saturated carbocycles. The number of aliphatic carboxylic acids is 1. The van der Waals surface area contributed by atoms with E-state index in [4.69, 9.17) is 16.3 Å². The predicted molar refractivity (Wildman–Crippen MR) is 112 cm³/mol. The minimum Gasteiger partial charge on any atom is -0.506 e. The van der Waals surface area contributed by atoms with Gasteiger partial charge >= 0.3 is 5.97 Å². The number of hydrogen-bond donors (Lipinski definition) is 3. The molecule has 3 aromatic carbocycles. The van der Waals surface area contributed by atoms with Gasteiger partial charge in [0.15, 0.2) is 0 Å². The molecule has 1 heterocycles. The molecule has 0 aliphatic carbocycles. The van der Waals surface area contributed by atoms with Crippen LogP contribution in [0.15, 0.2) is 70.9 Å². The van der Waals surface area contributed by atoms with Crippen LogP contribution in [0.2, 0.25) is 5.02 Å². The van der Waals surface area contributed by atoms with Crippen molar-refractivity contribution in [2.75, 3.05) is 0 Å². The predicted octanol–water partition coefficient (Wildman–Crippen LogP) is 5.27. The Kier molecular flexibility index (Phi) is 5.65. The number of nitrogens with zero attached hydrogens (tertiary/aromatic N) is 2. The van der Waals surface area contributed by atoms with Gasteiger partial charge in [-0.2, -0.15) is 0 Å². The van der Waals surface area contributed by atoms with Gasteiger partial charge in [-0.1, -0.05) is 48.0 Å². The summed E-state index contributed by atoms with van der Waals surface area (Å²) in [6.45, 7) is 0.428. The Morgan fingerprint density at radius 1 is 1.07 bits per heavy atom. The Labute approximate surface area is 177 Å². The second-order valence-electron chi connectivity index (χ2n) is 6.79. The number of halogens is 1. The highest BCUT2D eigenvalue weighted by molar-refractivity contribution is 6.32. The molecule has 7 nitrogen and oxygen atoms in total. The number of phenolic OH excluding ortho intramolecular Hbond substituents is 1. The van der Waals surface area contributed by atoms with E-state index in [1.165, 1.54) is 6.07 Å². The summed E-state index contributed by atoms with van der Waals surface area (Å²) >= 11 is 6.07. The second kappa shape index (κ2) is 8.52. The van der Waals surface area contributed by atoms with Crippen molar-refractivity contribution >= 4 is 28.9 Å². The molecular formula is C22H18ClN3O4. The quantitative estimate of drug-likeness (QED) is 0.358. The molecule has 1 unspecified atom stereocenters. The lowest BCUT2D eigenvalue weighted by atomic mass is 10.1. The fourth-order valence-electron chi connectivity index (χ4n) is 3.11. The van der Waals surface area contributed by atoms with E-state index in [9.17, 15) is 15.0 Å². The molecule has 0 saturated heterocycles. The number of fused-ring (bicyclic) bond motifs is 1. The molecule has 1 aliphatic rings. The van der Waals surface area contributed by atoms with Crippen LogP contribution in [0.3, 0.4) is 0 Å². The first-order valence-electron chi connectivity index (χ1n) is 9.21. The molecular weight excluding hydrogens is 406 g/mol. The van der Waals surface area contributed by atoms with Crippen molar-refractivity contribution in [1.29, 1.82) is 0 Å². The highest BCUT2D eigenvalue weighted by Crippen LogP contribution is 2.38. The van der Waals surface area contributed by atoms with Gasteiger partial charge in [-0.3, -0.25) is 10.1 Å². The standard InChI is InChI=1S/C22H18ClN3O4/c23-16-9-15(11-24-21(22(28)29)14-4-2-1-3-5-14)20(10-19(16)27)30-12-13-6-7-17-18(8-13)26-25-17/h1-10,21,24,27H,11-12H2,(H,28,29). The van der Waals surface area contributed by atoms with E-state index in [0.717, 1.165) is 16.9 Å². The number of phenols is 1. The summed E-state index contributed by atoms with van der Waals surface area (Å²) < 4.78 is 5.90. The average molecular weight is 424 g/mol. The summed E-state index contributed by atoms with van der Waals surface area (Å²) in [6, 6.07) is 16.6. The van der Waals surface area contributed by atoms with Crippen LogP contribution < -0.4 is 10.1 Å². The zero-order valence-corrected chi connectivity index (χ0v) is 16.5. The van der Waals surface area contributed by atoms with E-state index in [-0.39, 0.29) is 23.9 Å². The van der Waals surface area contributed by atoms with E-state index >= 15 is 0 Å². The average Bonchev–Trinajstić information content (AvgIpc) is 2.71. The van der Waals surface area contributed by atoms with Crippen molar-refractivity contribution in [2.24, 2.45) is 10.2 Å². The molecule has 0 spiro atoms. The van der Waals surface area contributed by atoms with Crippen molar-refractivity contribution in [3.63, 3.8) is 0 Å². The van der Waals surface area contributed by atoms with Crippen molar-refractivity contribution in [3.8, 4) is 11.5 Å². The fraction of sp³-hybridized carbons (Fsp3) is 0.136. The molecule has 1 atom stereocenters. The fourth-order valence-corrected chi connectivity index (χ4v) is 3.30. The zero-order valence-electron chi connectivity index (χ0n) is 15.7. The van der Waals surface area contributed by atoms with Crippen LogP contribution in [-0.2, 0) is 17.9 Å². The Hall–Kier alpha value is -3.42. The summed E-state index contributed by atoms with van der Waals surface area (Å²) in [4.78, 5) is 11.7. The Morgan fingerprint density at radius 2 is 1.83 bits per heavy atom. The molecule has 0 bridgehead atoms. The monoisotopic (exact) mass is 423 g/mol. The van der Waals surface area contributed by atoms with Crippen LogP contribution in [0.25, 0.3) is 0 Å². The molecule has 0 fully saturated rings. The molecule has 30 heavy (non-hydrogen) atoms. The molecule has 4 rings (SSSR count). The van der Waals surface area contributed by atoms with Gasteiger partial charge in [-0.15, -0.1) is 10.2 Å². The summed E-state index contributed by atoms with van der Waals surface area (Å²) in [5.41, 5.74) is 3.81. The molecule has 3 aromatic rings. The highest BCUT2D eigenvalue weighted by Gasteiger charge is 2.20. The highest BCUT2D eigenvalue weighted by atomic mass is 35.5. The molecule has 0 aromatic heterocycles. The van der Waals surface area contributed by atoms with Crippen molar-refractivity contribution < 1.29 is 19.7 Å². The molecule has 152 valence electrons. The number of carbonyl (C=O) groups is 1. The van der Waals surface area contributed by atoms with E-state index < -0.39 is 12.0 Å². The summed E-state index contributed by atoms with van der Waals surface area (Å²) in [5.74, 6) is -0.699. The minimum atomic E-state index is -0.996. The van der Waals surface area contributed by atoms with Gasteiger partial charge in [0, 0.05) is 18.2 Å². The maximum Gasteiger partial charge on any atom is 0.325 e. The number of rotatable bonds is 8. The van der Waals surface area contributed by atoms with Crippen LogP contribution in [0.1, 0.15) is 22.7 Å². The lowest BCUT2D eigenvalue weighted by molar-refractivity contribution is -0.139. The third-order valence-corrected chi connectivity index (χ3v) is 5.01. The van der Waals surface area contributed by atoms with Crippen molar-refractivity contribution in [1.82, 2.24) is 5.32 Å². The number of benzene rings is 3. The third-order valence-electron chi connectivity index (χ3n) is 4.71. The van der Waals surface area contributed by atoms with Crippen molar-refractivity contribution in [2.45, 2.75) is 19.2 Å². The normalized spacial score (nSPS) is 12.7. The molecule has 1 aliphatic heterocycles. The minimum absolute atomic E-state index is 0.112. The first-order valence-corrected chi connectivity index (χ1v) is 9.59. The maximum atomic E-state index is 11.7. The van der Waals surface area contributed by atoms with E-state index in [1.54, 1.807) is 30.3 Å². The van der Waals surface area contributed by atoms with Crippen molar-refractivity contribution in [3.05, 3.63) is 82.4 Å². The number of azo groups is 1. The molecule has 8 heteroatoms. The molecule has 0 amide bonds. The SMILES string of the molecule is O=C(O)C(NCc1cc(Cl)c(O)cc1OCc1ccc2c(c1)N=N2)c1ccccc1. The Bertz CT molecular complexity index is 1120. The maximum absolute atomic E-state index is 11.7. The van der Waals surface area contributed by atoms with Crippen LogP contribution in [0, 0.1) is 0 Å². The topological polar surface area (TPSA) is 104 Å². The lowest BCUT2D eigenvalue weighted by Crippen LogP contribution is -2.28. The summed E-state index contributed by atoms with van der Waals surface area (Å²) in [6.07, 6.45) is 0. The summed E-state index contributed by atoms with van der Waals surface area (Å²) in [5, 5.41) is 30.6. The first kappa shape index (κ1) is 19.9.